The van der Waals surface area contributed by atoms with Crippen LogP contribution in [0, 0.1) is 17.8 Å². The maximum absolute atomic E-state index is 7.41. The minimum Gasteiger partial charge on any atom is -0.399 e. The van der Waals surface area contributed by atoms with Crippen molar-refractivity contribution in [1.82, 2.24) is 0 Å². The minimum atomic E-state index is -3.37. The van der Waals surface area contributed by atoms with Gasteiger partial charge in [-0.25, -0.2) is 0 Å². The van der Waals surface area contributed by atoms with Crippen LogP contribution in [0.1, 0.15) is 77.0 Å². The zero-order valence-corrected chi connectivity index (χ0v) is 34.4. The molecule has 254 valence electrons. The molecule has 0 aromatic carbocycles. The summed E-state index contributed by atoms with van der Waals surface area (Å²) in [6.45, 7) is 18.9. The molecule has 3 saturated heterocycles. The zero-order chi connectivity index (χ0) is 31.3. The predicted molar refractivity (Wildman–Crippen MR) is 188 cm³/mol. The van der Waals surface area contributed by atoms with Crippen LogP contribution < -0.4 is 0 Å². The number of fused-ring (bicyclic) bond motifs is 3. The summed E-state index contributed by atoms with van der Waals surface area (Å²) in [5.41, 5.74) is 0. The Hall–Kier alpha value is 0.804. The van der Waals surface area contributed by atoms with E-state index >= 15 is 0 Å². The maximum Gasteiger partial charge on any atom is 0.636 e. The SMILES string of the molecule is C[SiH](C)O[Si](O[Si](C)(C)CCC1CCC2OC2C1)(O[Si](C)(C)CCC1CCC2OC2C1)O[Si](C)(C)CCC1CCC2OC2C1. The van der Waals surface area contributed by atoms with Gasteiger partial charge in [-0.05, 0) is 146 Å². The summed E-state index contributed by atoms with van der Waals surface area (Å²) >= 11 is 0. The molecule has 6 rings (SSSR count). The fraction of sp³-hybridized carbons (Fsp3) is 1.00. The van der Waals surface area contributed by atoms with Crippen molar-refractivity contribution >= 4 is 43.0 Å². The molecule has 3 aliphatic heterocycles. The van der Waals surface area contributed by atoms with Crippen molar-refractivity contribution in [3.63, 3.8) is 0 Å². The quantitative estimate of drug-likeness (QED) is 0.113. The third-order valence-electron chi connectivity index (χ3n) is 11.4. The molecule has 3 aliphatic carbocycles. The Bertz CT molecular complexity index is 871. The molecule has 6 fully saturated rings. The fourth-order valence-electron chi connectivity index (χ4n) is 8.49. The predicted octanol–water partition coefficient (Wildman–Crippen LogP) is 7.96. The molecule has 3 heterocycles. The molecule has 3 saturated carbocycles. The molecule has 0 N–H and O–H groups in total. The molecular formula is C32H64O7Si5. The second-order valence-corrected chi connectivity index (χ2v) is 36.1. The molecule has 9 atom stereocenters. The Morgan fingerprint density at radius 1 is 0.500 bits per heavy atom. The maximum atomic E-state index is 7.41. The van der Waals surface area contributed by atoms with E-state index in [4.69, 9.17) is 30.7 Å². The average Bonchev–Trinajstić information content (AvgIpc) is 3.81. The molecule has 0 amide bonds. The van der Waals surface area contributed by atoms with E-state index in [1.807, 2.05) is 0 Å². The van der Waals surface area contributed by atoms with Crippen molar-refractivity contribution in [2.75, 3.05) is 0 Å². The molecule has 0 aromatic rings. The molecule has 7 nitrogen and oxygen atoms in total. The van der Waals surface area contributed by atoms with E-state index in [0.717, 1.165) is 35.9 Å². The first-order valence-electron chi connectivity index (χ1n) is 18.4. The molecule has 9 unspecified atom stereocenters. The van der Waals surface area contributed by atoms with Gasteiger partial charge in [0.25, 0.3) is 0 Å². The number of rotatable bonds is 17. The summed E-state index contributed by atoms with van der Waals surface area (Å²) in [6, 6.07) is 3.41. The van der Waals surface area contributed by atoms with Gasteiger partial charge in [-0.2, -0.15) is 0 Å². The lowest BCUT2D eigenvalue weighted by Crippen LogP contribution is -2.65. The fourth-order valence-corrected chi connectivity index (χ4v) is 27.0. The summed E-state index contributed by atoms with van der Waals surface area (Å²) in [7, 11) is -11.3. The Morgan fingerprint density at radius 2 is 0.818 bits per heavy atom. The van der Waals surface area contributed by atoms with Gasteiger partial charge in [0.1, 0.15) is 0 Å². The summed E-state index contributed by atoms with van der Waals surface area (Å²) < 4.78 is 46.8. The summed E-state index contributed by atoms with van der Waals surface area (Å²) in [6.07, 6.45) is 18.4. The van der Waals surface area contributed by atoms with Crippen LogP contribution >= 0.6 is 0 Å². The highest BCUT2D eigenvalue weighted by atomic mass is 28.5. The monoisotopic (exact) mass is 700 g/mol. The van der Waals surface area contributed by atoms with Gasteiger partial charge in [0.2, 0.25) is 0 Å². The van der Waals surface area contributed by atoms with Crippen molar-refractivity contribution in [2.24, 2.45) is 17.8 Å². The van der Waals surface area contributed by atoms with Gasteiger partial charge >= 0.3 is 9.05 Å². The summed E-state index contributed by atoms with van der Waals surface area (Å²) in [4.78, 5) is 0. The van der Waals surface area contributed by atoms with Crippen LogP contribution in [0.2, 0.25) is 70.5 Å². The minimum absolute atomic E-state index is 0.538. The van der Waals surface area contributed by atoms with Crippen LogP contribution in [-0.4, -0.2) is 79.7 Å². The summed E-state index contributed by atoms with van der Waals surface area (Å²) in [5.74, 6) is 2.29. The lowest BCUT2D eigenvalue weighted by molar-refractivity contribution is 0.148. The van der Waals surface area contributed by atoms with Crippen LogP contribution in [0.3, 0.4) is 0 Å². The standard InChI is InChI=1S/C32H64O7Si5/c1-40(2)36-44(37-41(3,4)18-15-24-9-12-27-30(21-24)33-27,38-42(5,6)19-16-25-10-13-28-31(22-25)34-28)39-43(7,8)20-17-26-11-14-29-32(23-26)35-29/h24-32,40H,9-23H2,1-8H3. The Kier molecular flexibility index (Phi) is 10.7. The Balaban J connectivity index is 1.14. The van der Waals surface area contributed by atoms with Gasteiger partial charge in [-0.15, -0.1) is 0 Å². The lowest BCUT2D eigenvalue weighted by atomic mass is 9.88. The Labute approximate surface area is 274 Å². The van der Waals surface area contributed by atoms with Gasteiger partial charge in [0.05, 0.1) is 36.6 Å². The second-order valence-electron chi connectivity index (χ2n) is 17.5. The van der Waals surface area contributed by atoms with Crippen molar-refractivity contribution < 1.29 is 30.7 Å². The van der Waals surface area contributed by atoms with Gasteiger partial charge < -0.3 is 30.7 Å². The highest BCUT2D eigenvalue weighted by Crippen LogP contribution is 2.45. The normalized spacial score (nSPS) is 38.0. The third kappa shape index (κ3) is 9.93. The lowest BCUT2D eigenvalue weighted by Gasteiger charge is -2.44. The van der Waals surface area contributed by atoms with Crippen molar-refractivity contribution in [3.8, 4) is 0 Å². The van der Waals surface area contributed by atoms with E-state index in [2.05, 4.69) is 52.4 Å². The molecule has 44 heavy (non-hydrogen) atoms. The van der Waals surface area contributed by atoms with Crippen molar-refractivity contribution in [1.29, 1.82) is 0 Å². The van der Waals surface area contributed by atoms with E-state index in [1.54, 1.807) is 0 Å². The number of epoxide rings is 3. The van der Waals surface area contributed by atoms with E-state index in [1.165, 1.54) is 77.0 Å². The molecule has 0 spiro atoms. The first-order chi connectivity index (χ1) is 20.7. The van der Waals surface area contributed by atoms with Crippen LogP contribution in [0.4, 0.5) is 0 Å². The van der Waals surface area contributed by atoms with E-state index < -0.39 is 43.0 Å². The highest BCUT2D eigenvalue weighted by molar-refractivity contribution is 6.90. The van der Waals surface area contributed by atoms with Crippen molar-refractivity contribution in [2.45, 2.75) is 184 Å². The first kappa shape index (κ1) is 34.7. The molecule has 0 bridgehead atoms. The third-order valence-corrected chi connectivity index (χ3v) is 28.5. The molecule has 12 heteroatoms. The molecule has 0 aromatic heterocycles. The molecular weight excluding hydrogens is 637 g/mol. The van der Waals surface area contributed by atoms with E-state index in [-0.39, 0.29) is 0 Å². The topological polar surface area (TPSA) is 74.5 Å². The van der Waals surface area contributed by atoms with Crippen LogP contribution in [0.5, 0.6) is 0 Å². The van der Waals surface area contributed by atoms with Gasteiger partial charge in [-0.3, -0.25) is 0 Å². The smallest absolute Gasteiger partial charge is 0.399 e. The van der Waals surface area contributed by atoms with Crippen LogP contribution in [0.25, 0.3) is 0 Å². The highest BCUT2D eigenvalue weighted by Gasteiger charge is 2.57. The van der Waals surface area contributed by atoms with Crippen molar-refractivity contribution in [3.05, 3.63) is 0 Å². The van der Waals surface area contributed by atoms with Gasteiger partial charge in [-0.1, -0.05) is 19.3 Å². The molecule has 6 aliphatic rings. The van der Waals surface area contributed by atoms with Gasteiger partial charge in [0.15, 0.2) is 34.0 Å². The first-order valence-corrected chi connectivity index (χ1v) is 32.2. The summed E-state index contributed by atoms with van der Waals surface area (Å²) in [5, 5.41) is 0. The largest absolute Gasteiger partial charge is 0.636 e. The average molecular weight is 701 g/mol. The van der Waals surface area contributed by atoms with Crippen LogP contribution in [0.15, 0.2) is 0 Å². The van der Waals surface area contributed by atoms with E-state index in [9.17, 15) is 0 Å². The van der Waals surface area contributed by atoms with E-state index in [0.29, 0.717) is 36.6 Å². The zero-order valence-electron chi connectivity index (χ0n) is 29.2. The molecule has 0 radical (unpaired) electrons. The number of hydrogen-bond donors (Lipinski definition) is 0. The van der Waals surface area contributed by atoms with Crippen LogP contribution in [-0.2, 0) is 30.7 Å². The van der Waals surface area contributed by atoms with Gasteiger partial charge in [0, 0.05) is 0 Å². The number of ether oxygens (including phenoxy) is 3. The Morgan fingerprint density at radius 3 is 1.09 bits per heavy atom. The number of hydrogen-bond acceptors (Lipinski definition) is 7. The second kappa shape index (κ2) is 13.6.